The van der Waals surface area contributed by atoms with Crippen molar-refractivity contribution < 1.29 is 18.3 Å². The number of carbonyl (C=O) groups excluding carboxylic acids is 1. The number of nitrogens with zero attached hydrogens (tertiary/aromatic N) is 4. The number of nitrogens with one attached hydrogen (secondary N) is 2. The molecule has 0 amide bonds. The summed E-state index contributed by atoms with van der Waals surface area (Å²) >= 11 is 6.21. The monoisotopic (exact) mass is 462 g/mol. The van der Waals surface area contributed by atoms with Crippen molar-refractivity contribution in [1.82, 2.24) is 19.7 Å². The number of hydrogen-bond donors (Lipinski definition) is 2. The molecule has 0 spiro atoms. The molecule has 8 nitrogen and oxygen atoms in total. The van der Waals surface area contributed by atoms with Crippen LogP contribution in [0, 0.1) is 0 Å². The molecule has 3 rings (SSSR count). The quantitative estimate of drug-likeness (QED) is 0.389. The van der Waals surface area contributed by atoms with Gasteiger partial charge in [0.1, 0.15) is 5.02 Å². The van der Waals surface area contributed by atoms with Gasteiger partial charge in [-0.25, -0.2) is 4.98 Å². The maximum atomic E-state index is 12.0. The van der Waals surface area contributed by atoms with E-state index in [1.54, 1.807) is 6.20 Å². The van der Waals surface area contributed by atoms with Crippen LogP contribution in [0.15, 0.2) is 55.5 Å². The van der Waals surface area contributed by atoms with E-state index in [0.29, 0.717) is 29.5 Å². The minimum Gasteiger partial charge on any atom is -0.365 e. The number of alkyl halides is 2. The van der Waals surface area contributed by atoms with Gasteiger partial charge in [0.25, 0.3) is 0 Å². The first-order chi connectivity index (χ1) is 15.4. The number of ketones is 1. The number of allylic oxidation sites excluding steroid dienone is 1. The van der Waals surface area contributed by atoms with Crippen LogP contribution in [0.25, 0.3) is 0 Å². The van der Waals surface area contributed by atoms with E-state index < -0.39 is 6.61 Å². The Hall–Kier alpha value is -3.37. The molecule has 0 saturated carbocycles. The number of hydrogen-bond acceptors (Lipinski definition) is 7. The molecule has 1 aromatic carbocycles. The summed E-state index contributed by atoms with van der Waals surface area (Å²) in [6.45, 7) is 1.14. The van der Waals surface area contributed by atoms with Crippen molar-refractivity contribution in [3.63, 3.8) is 0 Å². The topological polar surface area (TPSA) is 94.0 Å². The van der Waals surface area contributed by atoms with Crippen LogP contribution in [0.3, 0.4) is 0 Å². The van der Waals surface area contributed by atoms with Crippen LogP contribution in [-0.4, -0.2) is 38.8 Å². The SMILES string of the molecule is C=CC(=O)Cc1cccc(CNc2nc(Nc3cnn(CCOC(F)F)c3)ncc2Cl)c1. The van der Waals surface area contributed by atoms with Gasteiger partial charge >= 0.3 is 6.61 Å². The lowest BCUT2D eigenvalue weighted by Crippen LogP contribution is -2.09. The van der Waals surface area contributed by atoms with E-state index in [4.69, 9.17) is 11.6 Å². The molecule has 0 atom stereocenters. The van der Waals surface area contributed by atoms with Crippen LogP contribution in [-0.2, 0) is 29.0 Å². The van der Waals surface area contributed by atoms with Crippen molar-refractivity contribution in [2.45, 2.75) is 26.1 Å². The van der Waals surface area contributed by atoms with Gasteiger partial charge in [-0.15, -0.1) is 0 Å². The molecule has 0 radical (unpaired) electrons. The van der Waals surface area contributed by atoms with Gasteiger partial charge in [-0.2, -0.15) is 18.9 Å². The third-order valence-corrected chi connectivity index (χ3v) is 4.53. The average molecular weight is 463 g/mol. The summed E-state index contributed by atoms with van der Waals surface area (Å²) < 4.78 is 29.8. The molecule has 32 heavy (non-hydrogen) atoms. The van der Waals surface area contributed by atoms with Gasteiger partial charge < -0.3 is 15.4 Å². The molecule has 3 aromatic rings. The second-order valence-electron chi connectivity index (χ2n) is 6.66. The highest BCUT2D eigenvalue weighted by Gasteiger charge is 2.08. The van der Waals surface area contributed by atoms with E-state index in [1.165, 1.54) is 23.2 Å². The summed E-state index contributed by atoms with van der Waals surface area (Å²) in [6.07, 6.45) is 6.20. The molecular formula is C21H21ClF2N6O2. The zero-order valence-corrected chi connectivity index (χ0v) is 17.7. The van der Waals surface area contributed by atoms with Gasteiger partial charge in [0.15, 0.2) is 11.6 Å². The normalized spacial score (nSPS) is 10.9. The van der Waals surface area contributed by atoms with Crippen molar-refractivity contribution in [2.24, 2.45) is 0 Å². The molecule has 0 fully saturated rings. The van der Waals surface area contributed by atoms with Crippen molar-refractivity contribution in [3.05, 3.63) is 71.7 Å². The minimum absolute atomic E-state index is 0.0467. The maximum absolute atomic E-state index is 12.0. The van der Waals surface area contributed by atoms with E-state index in [0.717, 1.165) is 11.1 Å². The van der Waals surface area contributed by atoms with E-state index in [1.807, 2.05) is 24.3 Å². The van der Waals surface area contributed by atoms with Gasteiger partial charge in [-0.1, -0.05) is 42.4 Å². The predicted octanol–water partition coefficient (Wildman–Crippen LogP) is 4.22. The second kappa shape index (κ2) is 11.3. The lowest BCUT2D eigenvalue weighted by molar-refractivity contribution is -0.130. The number of ether oxygens (including phenoxy) is 1. The van der Waals surface area contributed by atoms with E-state index >= 15 is 0 Å². The van der Waals surface area contributed by atoms with Gasteiger partial charge in [-0.05, 0) is 17.2 Å². The zero-order chi connectivity index (χ0) is 22.9. The molecule has 168 valence electrons. The van der Waals surface area contributed by atoms with Crippen LogP contribution in [0.4, 0.5) is 26.2 Å². The molecule has 0 bridgehead atoms. The molecule has 0 aliphatic rings. The van der Waals surface area contributed by atoms with Crippen LogP contribution in [0.2, 0.25) is 5.02 Å². The first-order valence-electron chi connectivity index (χ1n) is 9.61. The Morgan fingerprint density at radius 2 is 2.12 bits per heavy atom. The van der Waals surface area contributed by atoms with E-state index in [2.05, 4.69) is 37.0 Å². The smallest absolute Gasteiger partial charge is 0.345 e. The molecule has 2 heterocycles. The lowest BCUT2D eigenvalue weighted by atomic mass is 10.1. The Kier molecular flexibility index (Phi) is 8.23. The number of halogens is 3. The third-order valence-electron chi connectivity index (χ3n) is 4.26. The number of aromatic nitrogens is 4. The van der Waals surface area contributed by atoms with Crippen LogP contribution in [0.1, 0.15) is 11.1 Å². The van der Waals surface area contributed by atoms with Crippen molar-refractivity contribution in [2.75, 3.05) is 17.2 Å². The first kappa shape index (κ1) is 23.3. The fourth-order valence-corrected chi connectivity index (χ4v) is 2.93. The Labute approximate surface area is 188 Å². The summed E-state index contributed by atoms with van der Waals surface area (Å²) in [5, 5.41) is 10.5. The summed E-state index contributed by atoms with van der Waals surface area (Å²) in [7, 11) is 0. The Balaban J connectivity index is 1.60. The summed E-state index contributed by atoms with van der Waals surface area (Å²) in [6, 6.07) is 7.61. The van der Waals surface area contributed by atoms with Crippen molar-refractivity contribution >= 4 is 34.8 Å². The van der Waals surface area contributed by atoms with Crippen molar-refractivity contribution in [3.8, 4) is 0 Å². The average Bonchev–Trinajstić information content (AvgIpc) is 3.21. The fourth-order valence-electron chi connectivity index (χ4n) is 2.77. The molecule has 0 unspecified atom stereocenters. The van der Waals surface area contributed by atoms with Crippen molar-refractivity contribution in [1.29, 1.82) is 0 Å². The Morgan fingerprint density at radius 1 is 1.31 bits per heavy atom. The number of rotatable bonds is 12. The molecule has 2 aromatic heterocycles. The maximum Gasteiger partial charge on any atom is 0.345 e. The fraction of sp³-hybridized carbons (Fsp3) is 0.238. The molecular weight excluding hydrogens is 442 g/mol. The van der Waals surface area contributed by atoms with E-state index in [9.17, 15) is 13.6 Å². The summed E-state index contributed by atoms with van der Waals surface area (Å²) in [5.74, 6) is 0.662. The Morgan fingerprint density at radius 3 is 2.91 bits per heavy atom. The molecule has 11 heteroatoms. The molecule has 2 N–H and O–H groups in total. The van der Waals surface area contributed by atoms with Crippen LogP contribution in [0.5, 0.6) is 0 Å². The lowest BCUT2D eigenvalue weighted by Gasteiger charge is -2.10. The zero-order valence-electron chi connectivity index (χ0n) is 17.0. The largest absolute Gasteiger partial charge is 0.365 e. The Bertz CT molecular complexity index is 1080. The number of carbonyl (C=O) groups is 1. The first-order valence-corrected chi connectivity index (χ1v) is 9.99. The van der Waals surface area contributed by atoms with Gasteiger partial charge in [0.05, 0.1) is 31.2 Å². The highest BCUT2D eigenvalue weighted by molar-refractivity contribution is 6.32. The third kappa shape index (κ3) is 7.10. The molecule has 0 aliphatic heterocycles. The van der Waals surface area contributed by atoms with E-state index in [-0.39, 0.29) is 24.9 Å². The van der Waals surface area contributed by atoms with Crippen LogP contribution >= 0.6 is 11.6 Å². The number of anilines is 3. The minimum atomic E-state index is -2.81. The molecule has 0 aliphatic carbocycles. The highest BCUT2D eigenvalue weighted by Crippen LogP contribution is 2.22. The summed E-state index contributed by atoms with van der Waals surface area (Å²) in [5.41, 5.74) is 2.42. The van der Waals surface area contributed by atoms with Gasteiger partial charge in [-0.3, -0.25) is 9.48 Å². The number of benzene rings is 1. The summed E-state index contributed by atoms with van der Waals surface area (Å²) in [4.78, 5) is 20.1. The van der Waals surface area contributed by atoms with Crippen LogP contribution < -0.4 is 10.6 Å². The standard InChI is InChI=1S/C21H21ClF2N6O2/c1-2-17(31)9-14-4-3-5-15(8-14)10-25-19-18(22)12-26-21(29-19)28-16-11-27-30(13-16)6-7-32-20(23)24/h2-5,8,11-13,20H,1,6-7,9-10H2,(H2,25,26,28,29). The van der Waals surface area contributed by atoms with Gasteiger partial charge in [0.2, 0.25) is 5.95 Å². The second-order valence-corrected chi connectivity index (χ2v) is 7.07. The predicted molar refractivity (Wildman–Crippen MR) is 117 cm³/mol. The molecule has 0 saturated heterocycles. The highest BCUT2D eigenvalue weighted by atomic mass is 35.5. The van der Waals surface area contributed by atoms with Gasteiger partial charge in [0, 0.05) is 19.2 Å².